The summed E-state index contributed by atoms with van der Waals surface area (Å²) in [7, 11) is 0. The maximum Gasteiger partial charge on any atom is 0.132 e. The molecule has 1 atom stereocenters. The van der Waals surface area contributed by atoms with E-state index < -0.39 is 0 Å². The molecule has 86 valence electrons. The van der Waals surface area contributed by atoms with E-state index in [0.29, 0.717) is 0 Å². The fourth-order valence-corrected chi connectivity index (χ4v) is 2.64. The Labute approximate surface area is 95.9 Å². The second-order valence-electron chi connectivity index (χ2n) is 4.74. The molecule has 1 unspecified atom stereocenters. The molecule has 1 fully saturated rings. The monoisotopic (exact) mass is 218 g/mol. The first-order valence-electron chi connectivity index (χ1n) is 6.21. The zero-order valence-corrected chi connectivity index (χ0v) is 9.50. The van der Waals surface area contributed by atoms with Crippen LogP contribution in [0, 0.1) is 5.92 Å². The standard InChI is InChI=1S/C12H18N4/c1-2-10-11(3-1)15-8-16-12(10)14-7-9-4-5-13-6-9/h8-9,13H,1-7H2,(H,14,15,16). The Morgan fingerprint density at radius 2 is 2.38 bits per heavy atom. The van der Waals surface area contributed by atoms with Crippen molar-refractivity contribution in [2.45, 2.75) is 25.7 Å². The minimum atomic E-state index is 0.756. The molecular weight excluding hydrogens is 200 g/mol. The van der Waals surface area contributed by atoms with Crippen molar-refractivity contribution in [1.82, 2.24) is 15.3 Å². The summed E-state index contributed by atoms with van der Waals surface area (Å²) in [4.78, 5) is 8.70. The molecule has 2 aliphatic rings. The number of anilines is 1. The molecule has 0 aromatic carbocycles. The van der Waals surface area contributed by atoms with E-state index in [-0.39, 0.29) is 0 Å². The number of nitrogens with one attached hydrogen (secondary N) is 2. The maximum absolute atomic E-state index is 4.37. The summed E-state index contributed by atoms with van der Waals surface area (Å²) in [6.45, 7) is 3.34. The van der Waals surface area contributed by atoms with E-state index in [0.717, 1.165) is 44.2 Å². The Morgan fingerprint density at radius 3 is 3.25 bits per heavy atom. The van der Waals surface area contributed by atoms with Crippen molar-refractivity contribution in [1.29, 1.82) is 0 Å². The van der Waals surface area contributed by atoms with Crippen molar-refractivity contribution in [3.05, 3.63) is 17.6 Å². The fraction of sp³-hybridized carbons (Fsp3) is 0.667. The highest BCUT2D eigenvalue weighted by Crippen LogP contribution is 2.25. The average Bonchev–Trinajstić information content (AvgIpc) is 2.97. The predicted octanol–water partition coefficient (Wildman–Crippen LogP) is 0.987. The fourth-order valence-electron chi connectivity index (χ4n) is 2.64. The van der Waals surface area contributed by atoms with Crippen LogP contribution in [0.2, 0.25) is 0 Å². The largest absolute Gasteiger partial charge is 0.369 e. The lowest BCUT2D eigenvalue weighted by molar-refractivity contribution is 0.613. The molecular formula is C12H18N4. The lowest BCUT2D eigenvalue weighted by Crippen LogP contribution is -2.18. The third-order valence-electron chi connectivity index (χ3n) is 3.60. The third-order valence-corrected chi connectivity index (χ3v) is 3.60. The molecule has 1 saturated heterocycles. The van der Waals surface area contributed by atoms with Gasteiger partial charge >= 0.3 is 0 Å². The quantitative estimate of drug-likeness (QED) is 0.794. The van der Waals surface area contributed by atoms with Gasteiger partial charge in [-0.25, -0.2) is 9.97 Å². The minimum absolute atomic E-state index is 0.756. The molecule has 1 aromatic heterocycles. The molecule has 4 nitrogen and oxygen atoms in total. The Kier molecular flexibility index (Phi) is 2.74. The van der Waals surface area contributed by atoms with Crippen LogP contribution >= 0.6 is 0 Å². The molecule has 0 bridgehead atoms. The zero-order valence-electron chi connectivity index (χ0n) is 9.50. The Balaban J connectivity index is 1.67. The second kappa shape index (κ2) is 4.37. The van der Waals surface area contributed by atoms with Crippen LogP contribution in [0.25, 0.3) is 0 Å². The van der Waals surface area contributed by atoms with Crippen LogP contribution in [-0.2, 0) is 12.8 Å². The summed E-state index contributed by atoms with van der Waals surface area (Å²) in [6, 6.07) is 0. The van der Waals surface area contributed by atoms with E-state index in [1.165, 1.54) is 24.1 Å². The Morgan fingerprint density at radius 1 is 1.38 bits per heavy atom. The van der Waals surface area contributed by atoms with Gasteiger partial charge in [-0.2, -0.15) is 0 Å². The number of hydrogen-bond donors (Lipinski definition) is 2. The molecule has 3 rings (SSSR count). The summed E-state index contributed by atoms with van der Waals surface area (Å²) < 4.78 is 0. The molecule has 1 aliphatic carbocycles. The molecule has 2 heterocycles. The zero-order chi connectivity index (χ0) is 10.8. The Hall–Kier alpha value is -1.16. The van der Waals surface area contributed by atoms with Crippen LogP contribution in [0.1, 0.15) is 24.1 Å². The van der Waals surface area contributed by atoms with Crippen molar-refractivity contribution in [3.8, 4) is 0 Å². The summed E-state index contributed by atoms with van der Waals surface area (Å²) >= 11 is 0. The van der Waals surface area contributed by atoms with Crippen molar-refractivity contribution in [3.63, 3.8) is 0 Å². The molecule has 0 radical (unpaired) electrons. The predicted molar refractivity (Wildman–Crippen MR) is 63.5 cm³/mol. The van der Waals surface area contributed by atoms with E-state index >= 15 is 0 Å². The number of aryl methyl sites for hydroxylation is 1. The van der Waals surface area contributed by atoms with Gasteiger partial charge in [0.05, 0.1) is 0 Å². The molecule has 1 aromatic rings. The molecule has 0 saturated carbocycles. The first-order valence-corrected chi connectivity index (χ1v) is 6.21. The lowest BCUT2D eigenvalue weighted by atomic mass is 10.1. The minimum Gasteiger partial charge on any atom is -0.369 e. The van der Waals surface area contributed by atoms with E-state index in [4.69, 9.17) is 0 Å². The van der Waals surface area contributed by atoms with Crippen LogP contribution in [-0.4, -0.2) is 29.6 Å². The molecule has 16 heavy (non-hydrogen) atoms. The molecule has 1 aliphatic heterocycles. The number of rotatable bonds is 3. The van der Waals surface area contributed by atoms with Crippen molar-refractivity contribution >= 4 is 5.82 Å². The van der Waals surface area contributed by atoms with Crippen molar-refractivity contribution < 1.29 is 0 Å². The highest BCUT2D eigenvalue weighted by atomic mass is 15.0. The van der Waals surface area contributed by atoms with Gasteiger partial charge in [-0.3, -0.25) is 0 Å². The Bertz CT molecular complexity index is 371. The first-order chi connectivity index (χ1) is 7.93. The summed E-state index contributed by atoms with van der Waals surface area (Å²) in [5.74, 6) is 1.83. The average molecular weight is 218 g/mol. The highest BCUT2D eigenvalue weighted by molar-refractivity contribution is 5.47. The second-order valence-corrected chi connectivity index (χ2v) is 4.74. The van der Waals surface area contributed by atoms with Crippen LogP contribution in [0.4, 0.5) is 5.82 Å². The maximum atomic E-state index is 4.37. The number of fused-ring (bicyclic) bond motifs is 1. The van der Waals surface area contributed by atoms with E-state index in [9.17, 15) is 0 Å². The topological polar surface area (TPSA) is 49.8 Å². The molecule has 2 N–H and O–H groups in total. The van der Waals surface area contributed by atoms with Gasteiger partial charge in [-0.15, -0.1) is 0 Å². The van der Waals surface area contributed by atoms with Gasteiger partial charge in [0.2, 0.25) is 0 Å². The van der Waals surface area contributed by atoms with Gasteiger partial charge in [0.25, 0.3) is 0 Å². The lowest BCUT2D eigenvalue weighted by Gasteiger charge is -2.12. The van der Waals surface area contributed by atoms with Gasteiger partial charge in [-0.05, 0) is 44.7 Å². The summed E-state index contributed by atoms with van der Waals surface area (Å²) in [5, 5.41) is 6.88. The SMILES string of the molecule is c1nc2c(c(NCC3CCNC3)n1)CCC2. The highest BCUT2D eigenvalue weighted by Gasteiger charge is 2.18. The number of nitrogens with zero attached hydrogens (tertiary/aromatic N) is 2. The van der Waals surface area contributed by atoms with Crippen LogP contribution in [0.3, 0.4) is 0 Å². The van der Waals surface area contributed by atoms with Gasteiger partial charge in [0.15, 0.2) is 0 Å². The number of aromatic nitrogens is 2. The smallest absolute Gasteiger partial charge is 0.132 e. The van der Waals surface area contributed by atoms with E-state index in [1.54, 1.807) is 6.33 Å². The molecule has 0 spiro atoms. The van der Waals surface area contributed by atoms with Gasteiger partial charge in [0.1, 0.15) is 12.1 Å². The van der Waals surface area contributed by atoms with Gasteiger partial charge in [-0.1, -0.05) is 0 Å². The van der Waals surface area contributed by atoms with Crippen LogP contribution < -0.4 is 10.6 Å². The van der Waals surface area contributed by atoms with Gasteiger partial charge < -0.3 is 10.6 Å². The van der Waals surface area contributed by atoms with Crippen molar-refractivity contribution in [2.24, 2.45) is 5.92 Å². The third kappa shape index (κ3) is 1.89. The normalized spacial score (nSPS) is 23.4. The van der Waals surface area contributed by atoms with Crippen LogP contribution in [0.5, 0.6) is 0 Å². The first kappa shape index (κ1) is 10.0. The number of hydrogen-bond acceptors (Lipinski definition) is 4. The van der Waals surface area contributed by atoms with Crippen LogP contribution in [0.15, 0.2) is 6.33 Å². The summed E-state index contributed by atoms with van der Waals surface area (Å²) in [5.41, 5.74) is 2.61. The molecule has 0 amide bonds. The van der Waals surface area contributed by atoms with E-state index in [1.807, 2.05) is 0 Å². The van der Waals surface area contributed by atoms with Crippen molar-refractivity contribution in [2.75, 3.05) is 25.0 Å². The molecule has 4 heteroatoms. The summed E-state index contributed by atoms with van der Waals surface area (Å²) in [6.07, 6.45) is 6.46. The van der Waals surface area contributed by atoms with Gasteiger partial charge in [0, 0.05) is 17.8 Å². The van der Waals surface area contributed by atoms with E-state index in [2.05, 4.69) is 20.6 Å².